The lowest BCUT2D eigenvalue weighted by Crippen LogP contribution is -2.26. The highest BCUT2D eigenvalue weighted by Gasteiger charge is 2.28. The molecule has 0 radical (unpaired) electrons. The normalized spacial score (nSPS) is 17.8. The molecule has 1 aromatic carbocycles. The van der Waals surface area contributed by atoms with E-state index in [1.54, 1.807) is 0 Å². The monoisotopic (exact) mass is 306 g/mol. The predicted octanol–water partition coefficient (Wildman–Crippen LogP) is 2.97. The van der Waals surface area contributed by atoms with Crippen molar-refractivity contribution in [3.8, 4) is 0 Å². The van der Waals surface area contributed by atoms with E-state index in [1.807, 2.05) is 43.5 Å². The van der Waals surface area contributed by atoms with Crippen molar-refractivity contribution in [2.45, 2.75) is 25.8 Å². The molecule has 1 aliphatic rings. The van der Waals surface area contributed by atoms with Crippen molar-refractivity contribution in [2.24, 2.45) is 0 Å². The molecule has 1 atom stereocenters. The van der Waals surface area contributed by atoms with Crippen molar-refractivity contribution in [3.05, 3.63) is 64.5 Å². The second kappa shape index (κ2) is 5.50. The lowest BCUT2D eigenvalue weighted by Gasteiger charge is -2.26. The van der Waals surface area contributed by atoms with Crippen LogP contribution in [0.5, 0.6) is 0 Å². The smallest absolute Gasteiger partial charge is 0.258 e. The van der Waals surface area contributed by atoms with Gasteiger partial charge in [0.1, 0.15) is 5.82 Å². The lowest BCUT2D eigenvalue weighted by molar-refractivity contribution is 0.666. The van der Waals surface area contributed by atoms with E-state index in [2.05, 4.69) is 20.9 Å². The van der Waals surface area contributed by atoms with Crippen LogP contribution in [0.1, 0.15) is 30.4 Å². The Hall–Kier alpha value is -2.69. The first kappa shape index (κ1) is 13.9. The van der Waals surface area contributed by atoms with Gasteiger partial charge in [0.05, 0.1) is 16.9 Å². The van der Waals surface area contributed by atoms with E-state index in [0.29, 0.717) is 5.39 Å². The van der Waals surface area contributed by atoms with Crippen LogP contribution in [0.3, 0.4) is 0 Å². The van der Waals surface area contributed by atoms with Gasteiger partial charge in [-0.1, -0.05) is 12.1 Å². The van der Waals surface area contributed by atoms with Crippen molar-refractivity contribution in [1.29, 1.82) is 0 Å². The van der Waals surface area contributed by atoms with Gasteiger partial charge in [0.25, 0.3) is 5.56 Å². The minimum atomic E-state index is -0.0663. The fourth-order valence-corrected chi connectivity index (χ4v) is 3.33. The van der Waals surface area contributed by atoms with Crippen molar-refractivity contribution in [2.75, 3.05) is 11.4 Å². The average molecular weight is 306 g/mol. The molecule has 0 spiro atoms. The minimum absolute atomic E-state index is 0.0663. The minimum Gasteiger partial charge on any atom is -0.361 e. The number of anilines is 1. The zero-order valence-corrected chi connectivity index (χ0v) is 13.0. The highest BCUT2D eigenvalue weighted by atomic mass is 16.1. The number of pyridine rings is 1. The van der Waals surface area contributed by atoms with Gasteiger partial charge >= 0.3 is 0 Å². The summed E-state index contributed by atoms with van der Waals surface area (Å²) in [6, 6.07) is 11.7. The molecule has 0 aliphatic carbocycles. The van der Waals surface area contributed by atoms with Crippen molar-refractivity contribution in [3.63, 3.8) is 0 Å². The van der Waals surface area contributed by atoms with E-state index in [-0.39, 0.29) is 11.6 Å². The first-order chi connectivity index (χ1) is 11.2. The second-order valence-corrected chi connectivity index (χ2v) is 5.98. The summed E-state index contributed by atoms with van der Waals surface area (Å²) in [6.07, 6.45) is 3.90. The molecule has 5 nitrogen and oxygen atoms in total. The zero-order chi connectivity index (χ0) is 15.8. The Morgan fingerprint density at radius 3 is 3.00 bits per heavy atom. The Bertz CT molecular complexity index is 918. The molecule has 1 aliphatic heterocycles. The van der Waals surface area contributed by atoms with Crippen LogP contribution in [0.15, 0.2) is 47.4 Å². The number of nitrogens with one attached hydrogen (secondary N) is 1. The molecule has 1 saturated heterocycles. The van der Waals surface area contributed by atoms with Gasteiger partial charge in [-0.3, -0.25) is 9.78 Å². The molecule has 4 rings (SSSR count). The van der Waals surface area contributed by atoms with Gasteiger partial charge in [-0.2, -0.15) is 0 Å². The third-order valence-electron chi connectivity index (χ3n) is 4.41. The van der Waals surface area contributed by atoms with Gasteiger partial charge in [-0.25, -0.2) is 4.98 Å². The maximum absolute atomic E-state index is 12.3. The van der Waals surface area contributed by atoms with E-state index in [9.17, 15) is 4.79 Å². The molecule has 2 aromatic heterocycles. The summed E-state index contributed by atoms with van der Waals surface area (Å²) < 4.78 is 0. The van der Waals surface area contributed by atoms with Gasteiger partial charge in [0.2, 0.25) is 0 Å². The van der Waals surface area contributed by atoms with Crippen LogP contribution in [0.4, 0.5) is 5.69 Å². The fourth-order valence-electron chi connectivity index (χ4n) is 3.33. The molecular formula is C18H18N4O. The summed E-state index contributed by atoms with van der Waals surface area (Å²) in [4.78, 5) is 26.6. The first-order valence-electron chi connectivity index (χ1n) is 7.90. The van der Waals surface area contributed by atoms with Crippen molar-refractivity contribution >= 4 is 16.6 Å². The van der Waals surface area contributed by atoms with Crippen molar-refractivity contribution < 1.29 is 0 Å². The number of nitrogens with zero attached hydrogens (tertiary/aromatic N) is 3. The number of aromatic nitrogens is 3. The molecule has 23 heavy (non-hydrogen) atoms. The quantitative estimate of drug-likeness (QED) is 0.790. The molecule has 116 valence electrons. The van der Waals surface area contributed by atoms with Gasteiger partial charge in [-0.15, -0.1) is 0 Å². The summed E-state index contributed by atoms with van der Waals surface area (Å²) in [6.45, 7) is 2.95. The molecule has 1 fully saturated rings. The molecule has 0 amide bonds. The second-order valence-electron chi connectivity index (χ2n) is 5.98. The van der Waals surface area contributed by atoms with Crippen LogP contribution in [-0.4, -0.2) is 21.5 Å². The van der Waals surface area contributed by atoms with E-state index in [4.69, 9.17) is 4.98 Å². The van der Waals surface area contributed by atoms with Gasteiger partial charge in [0.15, 0.2) is 0 Å². The van der Waals surface area contributed by atoms with E-state index < -0.39 is 0 Å². The number of aryl methyl sites for hydroxylation is 1. The third-order valence-corrected chi connectivity index (χ3v) is 4.41. The molecule has 0 bridgehead atoms. The molecular weight excluding hydrogens is 288 g/mol. The highest BCUT2D eigenvalue weighted by molar-refractivity contribution is 5.77. The van der Waals surface area contributed by atoms with Crippen LogP contribution in [-0.2, 0) is 0 Å². The maximum atomic E-state index is 12.3. The summed E-state index contributed by atoms with van der Waals surface area (Å²) in [5.41, 5.74) is 2.82. The van der Waals surface area contributed by atoms with Gasteiger partial charge < -0.3 is 9.88 Å². The Balaban J connectivity index is 1.78. The number of benzene rings is 1. The van der Waals surface area contributed by atoms with Crippen LogP contribution in [0.2, 0.25) is 0 Å². The molecule has 3 heterocycles. The topological polar surface area (TPSA) is 61.9 Å². The number of H-pyrrole nitrogens is 1. The van der Waals surface area contributed by atoms with Gasteiger partial charge in [-0.05, 0) is 44.0 Å². The zero-order valence-electron chi connectivity index (χ0n) is 13.0. The van der Waals surface area contributed by atoms with Crippen LogP contribution in [0.25, 0.3) is 10.9 Å². The summed E-state index contributed by atoms with van der Waals surface area (Å²) in [5.74, 6) is 0.751. The van der Waals surface area contributed by atoms with Crippen LogP contribution in [0, 0.1) is 6.92 Å². The number of rotatable bonds is 2. The summed E-state index contributed by atoms with van der Waals surface area (Å²) >= 11 is 0. The largest absolute Gasteiger partial charge is 0.361 e. The summed E-state index contributed by atoms with van der Waals surface area (Å²) in [5, 5.41) is 0.639. The maximum Gasteiger partial charge on any atom is 0.258 e. The average Bonchev–Trinajstić information content (AvgIpc) is 3.04. The Morgan fingerprint density at radius 1 is 1.26 bits per heavy atom. The molecule has 1 unspecified atom stereocenters. The molecule has 1 N–H and O–H groups in total. The van der Waals surface area contributed by atoms with E-state index in [0.717, 1.165) is 42.1 Å². The Morgan fingerprint density at radius 2 is 2.13 bits per heavy atom. The fraction of sp³-hybridized carbons (Fsp3) is 0.278. The first-order valence-corrected chi connectivity index (χ1v) is 7.90. The SMILES string of the molecule is Cc1cc(N2CCCC2c2nc3ccccc3c(=O)[nH]2)ccn1. The van der Waals surface area contributed by atoms with Crippen LogP contribution >= 0.6 is 0 Å². The molecule has 0 saturated carbocycles. The Kier molecular flexibility index (Phi) is 3.33. The van der Waals surface area contributed by atoms with E-state index >= 15 is 0 Å². The third kappa shape index (κ3) is 2.48. The van der Waals surface area contributed by atoms with Crippen LogP contribution < -0.4 is 10.5 Å². The Labute approximate surface area is 134 Å². The lowest BCUT2D eigenvalue weighted by atomic mass is 10.1. The number of para-hydroxylation sites is 1. The molecule has 3 aromatic rings. The highest BCUT2D eigenvalue weighted by Crippen LogP contribution is 2.34. The number of hydrogen-bond acceptors (Lipinski definition) is 4. The predicted molar refractivity (Wildman–Crippen MR) is 90.7 cm³/mol. The van der Waals surface area contributed by atoms with E-state index in [1.165, 1.54) is 0 Å². The number of aromatic amines is 1. The van der Waals surface area contributed by atoms with Gasteiger partial charge in [0, 0.05) is 24.1 Å². The van der Waals surface area contributed by atoms with Crippen molar-refractivity contribution in [1.82, 2.24) is 15.0 Å². The number of fused-ring (bicyclic) bond motifs is 1. The summed E-state index contributed by atoms with van der Waals surface area (Å²) in [7, 11) is 0. The molecule has 5 heteroatoms. The standard InChI is InChI=1S/C18H18N4O/c1-12-11-13(8-9-19-12)22-10-4-7-16(22)17-20-15-6-3-2-5-14(15)18(23)21-17/h2-3,5-6,8-9,11,16H,4,7,10H2,1H3,(H,20,21,23). The number of hydrogen-bond donors (Lipinski definition) is 1.